The molecule has 0 radical (unpaired) electrons. The van der Waals surface area contributed by atoms with E-state index in [2.05, 4.69) is 17.2 Å². The molecule has 0 saturated carbocycles. The molecule has 3 rings (SSSR count). The van der Waals surface area contributed by atoms with Crippen LogP contribution in [0.1, 0.15) is 26.4 Å². The Balaban J connectivity index is 1.77. The smallest absolute Gasteiger partial charge is 0.255 e. The quantitative estimate of drug-likeness (QED) is 0.714. The van der Waals surface area contributed by atoms with Gasteiger partial charge in [-0.05, 0) is 47.8 Å². The third-order valence-electron chi connectivity index (χ3n) is 3.23. The van der Waals surface area contributed by atoms with Crippen molar-refractivity contribution in [1.82, 2.24) is 0 Å². The summed E-state index contributed by atoms with van der Waals surface area (Å²) >= 11 is 1.59. The molecule has 2 aromatic carbocycles. The van der Waals surface area contributed by atoms with Gasteiger partial charge in [0.05, 0.1) is 16.5 Å². The summed E-state index contributed by atoms with van der Waals surface area (Å²) < 4.78 is 0. The Labute approximate surface area is 144 Å². The molecule has 0 bridgehead atoms. The minimum absolute atomic E-state index is 0.254. The predicted molar refractivity (Wildman–Crippen MR) is 95.9 cm³/mol. The maximum atomic E-state index is 12.3. The van der Waals surface area contributed by atoms with Gasteiger partial charge < -0.3 is 5.32 Å². The first kappa shape index (κ1) is 15.6. The second kappa shape index (κ2) is 7.28. The topological polar surface area (TPSA) is 52.9 Å². The van der Waals surface area contributed by atoms with Crippen molar-refractivity contribution >= 4 is 22.9 Å². The third-order valence-corrected chi connectivity index (χ3v) is 4.01. The number of benzene rings is 2. The minimum Gasteiger partial charge on any atom is -0.322 e. The lowest BCUT2D eigenvalue weighted by molar-refractivity contribution is 0.102. The summed E-state index contributed by atoms with van der Waals surface area (Å²) in [5, 5.41) is 13.7. The number of hydrogen-bond acceptors (Lipinski definition) is 3. The van der Waals surface area contributed by atoms with Crippen LogP contribution in [0.2, 0.25) is 0 Å². The molecule has 1 aromatic heterocycles. The largest absolute Gasteiger partial charge is 0.322 e. The molecule has 1 heterocycles. The van der Waals surface area contributed by atoms with Gasteiger partial charge in [-0.25, -0.2) is 0 Å². The molecule has 0 aliphatic rings. The van der Waals surface area contributed by atoms with Gasteiger partial charge in [-0.3, -0.25) is 4.79 Å². The third kappa shape index (κ3) is 3.89. The molecule has 0 aliphatic heterocycles. The van der Waals surface area contributed by atoms with Gasteiger partial charge >= 0.3 is 0 Å². The van der Waals surface area contributed by atoms with Gasteiger partial charge in [-0.2, -0.15) is 5.26 Å². The monoisotopic (exact) mass is 328 g/mol. The van der Waals surface area contributed by atoms with Gasteiger partial charge in [0.1, 0.15) is 0 Å². The molecule has 24 heavy (non-hydrogen) atoms. The van der Waals surface area contributed by atoms with Crippen LogP contribution < -0.4 is 5.32 Å². The summed E-state index contributed by atoms with van der Waals surface area (Å²) in [5.41, 5.74) is 2.40. The van der Waals surface area contributed by atoms with Crippen LogP contribution in [0.4, 0.5) is 5.69 Å². The van der Waals surface area contributed by atoms with E-state index in [0.29, 0.717) is 16.8 Å². The van der Waals surface area contributed by atoms with Crippen molar-refractivity contribution in [3.63, 3.8) is 0 Å². The lowest BCUT2D eigenvalue weighted by atomic mass is 10.1. The van der Waals surface area contributed by atoms with Gasteiger partial charge in [0.2, 0.25) is 0 Å². The molecule has 0 saturated heterocycles. The Kier molecular flexibility index (Phi) is 4.72. The number of anilines is 1. The Morgan fingerprint density at radius 3 is 2.58 bits per heavy atom. The van der Waals surface area contributed by atoms with E-state index in [1.54, 1.807) is 35.6 Å². The number of nitrogens with one attached hydrogen (secondary N) is 1. The molecule has 3 aromatic rings. The first-order valence-electron chi connectivity index (χ1n) is 7.22. The zero-order valence-electron chi connectivity index (χ0n) is 12.6. The first-order valence-corrected chi connectivity index (χ1v) is 8.10. The van der Waals surface area contributed by atoms with Crippen molar-refractivity contribution in [1.29, 1.82) is 5.26 Å². The number of nitriles is 1. The zero-order valence-corrected chi connectivity index (χ0v) is 13.4. The Morgan fingerprint density at radius 1 is 0.958 bits per heavy atom. The highest BCUT2D eigenvalue weighted by molar-refractivity contribution is 7.10. The van der Waals surface area contributed by atoms with Crippen LogP contribution in [0.15, 0.2) is 66.0 Å². The Morgan fingerprint density at radius 2 is 1.79 bits per heavy atom. The molecule has 0 atom stereocenters. The summed E-state index contributed by atoms with van der Waals surface area (Å²) in [4.78, 5) is 13.3. The molecular formula is C20H12N2OS. The number of amides is 1. The molecule has 0 fully saturated rings. The van der Waals surface area contributed by atoms with Crippen molar-refractivity contribution < 1.29 is 4.79 Å². The molecule has 0 spiro atoms. The van der Waals surface area contributed by atoms with Gasteiger partial charge in [-0.15, -0.1) is 11.3 Å². The predicted octanol–water partition coefficient (Wildman–Crippen LogP) is 4.27. The highest BCUT2D eigenvalue weighted by Crippen LogP contribution is 2.13. The number of hydrogen-bond donors (Lipinski definition) is 1. The number of thiophene rings is 1. The second-order valence-corrected chi connectivity index (χ2v) is 5.90. The maximum Gasteiger partial charge on any atom is 0.255 e. The lowest BCUT2D eigenvalue weighted by Gasteiger charge is -2.06. The van der Waals surface area contributed by atoms with Crippen LogP contribution in [-0.2, 0) is 0 Å². The molecule has 114 valence electrons. The lowest BCUT2D eigenvalue weighted by Crippen LogP contribution is -2.12. The van der Waals surface area contributed by atoms with Gasteiger partial charge in [-0.1, -0.05) is 30.0 Å². The fourth-order valence-electron chi connectivity index (χ4n) is 2.09. The standard InChI is InChI=1S/C20H12N2OS/c21-14-16-5-1-6-17(12-16)20(23)22-18-7-2-4-15(13-18)9-10-19-8-3-11-24-19/h1-8,11-13H,(H,22,23). The van der Waals surface area contributed by atoms with Crippen molar-refractivity contribution in [2.45, 2.75) is 0 Å². The fourth-order valence-corrected chi connectivity index (χ4v) is 2.66. The number of carbonyl (C=O) groups is 1. The van der Waals surface area contributed by atoms with Gasteiger partial charge in [0.25, 0.3) is 5.91 Å². The molecule has 1 amide bonds. The van der Waals surface area contributed by atoms with Crippen molar-refractivity contribution in [2.75, 3.05) is 5.32 Å². The van der Waals surface area contributed by atoms with Crippen LogP contribution in [-0.4, -0.2) is 5.91 Å². The van der Waals surface area contributed by atoms with E-state index < -0.39 is 0 Å². The van der Waals surface area contributed by atoms with Gasteiger partial charge in [0, 0.05) is 16.8 Å². The van der Waals surface area contributed by atoms with Gasteiger partial charge in [0.15, 0.2) is 0 Å². The minimum atomic E-state index is -0.254. The highest BCUT2D eigenvalue weighted by atomic mass is 32.1. The maximum absolute atomic E-state index is 12.3. The summed E-state index contributed by atoms with van der Waals surface area (Å²) in [6, 6.07) is 19.9. The SMILES string of the molecule is N#Cc1cccc(C(=O)Nc2cccc(C#Cc3cccs3)c2)c1. The molecule has 0 unspecified atom stereocenters. The molecular weight excluding hydrogens is 316 g/mol. The Hall–Kier alpha value is -3.34. The summed E-state index contributed by atoms with van der Waals surface area (Å²) in [6.07, 6.45) is 0. The summed E-state index contributed by atoms with van der Waals surface area (Å²) in [5.74, 6) is 5.92. The van der Waals surface area contributed by atoms with Crippen LogP contribution in [0.3, 0.4) is 0 Å². The van der Waals surface area contributed by atoms with Crippen LogP contribution in [0, 0.1) is 23.2 Å². The summed E-state index contributed by atoms with van der Waals surface area (Å²) in [7, 11) is 0. The molecule has 0 aliphatic carbocycles. The molecule has 3 nitrogen and oxygen atoms in total. The van der Waals surface area contributed by atoms with E-state index in [-0.39, 0.29) is 5.91 Å². The van der Waals surface area contributed by atoms with E-state index in [1.165, 1.54) is 0 Å². The second-order valence-electron chi connectivity index (χ2n) is 4.95. The normalized spacial score (nSPS) is 9.46. The van der Waals surface area contributed by atoms with E-state index in [0.717, 1.165) is 10.4 Å². The summed E-state index contributed by atoms with van der Waals surface area (Å²) in [6.45, 7) is 0. The molecule has 4 heteroatoms. The molecule has 1 N–H and O–H groups in total. The zero-order chi connectivity index (χ0) is 16.8. The number of carbonyl (C=O) groups excluding carboxylic acids is 1. The number of rotatable bonds is 2. The average Bonchev–Trinajstić information content (AvgIpc) is 3.14. The highest BCUT2D eigenvalue weighted by Gasteiger charge is 2.07. The van der Waals surface area contributed by atoms with E-state index in [1.807, 2.05) is 47.8 Å². The van der Waals surface area contributed by atoms with Crippen molar-refractivity contribution in [3.8, 4) is 17.9 Å². The average molecular weight is 328 g/mol. The number of nitrogens with zero attached hydrogens (tertiary/aromatic N) is 1. The van der Waals surface area contributed by atoms with Crippen molar-refractivity contribution in [3.05, 3.63) is 87.6 Å². The van der Waals surface area contributed by atoms with Crippen LogP contribution >= 0.6 is 11.3 Å². The van der Waals surface area contributed by atoms with Crippen LogP contribution in [0.5, 0.6) is 0 Å². The van der Waals surface area contributed by atoms with E-state index in [9.17, 15) is 4.79 Å². The Bertz CT molecular complexity index is 973. The van der Waals surface area contributed by atoms with Crippen LogP contribution in [0.25, 0.3) is 0 Å². The van der Waals surface area contributed by atoms with E-state index >= 15 is 0 Å². The first-order chi connectivity index (χ1) is 11.7. The van der Waals surface area contributed by atoms with Crippen molar-refractivity contribution in [2.24, 2.45) is 0 Å². The van der Waals surface area contributed by atoms with E-state index in [4.69, 9.17) is 5.26 Å². The fraction of sp³-hybridized carbons (Fsp3) is 0.